The summed E-state index contributed by atoms with van der Waals surface area (Å²) < 4.78 is 29.4. The van der Waals surface area contributed by atoms with Crippen LogP contribution in [0.2, 0.25) is 0 Å². The smallest absolute Gasteiger partial charge is 0.275 e. The molecule has 0 aromatic carbocycles. The van der Waals surface area contributed by atoms with Crippen LogP contribution in [0.1, 0.15) is 6.92 Å². The van der Waals surface area contributed by atoms with E-state index in [0.29, 0.717) is 0 Å². The van der Waals surface area contributed by atoms with Gasteiger partial charge in [-0.3, -0.25) is 4.55 Å². The van der Waals surface area contributed by atoms with Crippen molar-refractivity contribution in [3.8, 4) is 0 Å². The van der Waals surface area contributed by atoms with Crippen LogP contribution in [0.15, 0.2) is 23.3 Å². The van der Waals surface area contributed by atoms with E-state index in [-0.39, 0.29) is 5.03 Å². The Morgan fingerprint density at radius 3 is 2.62 bits per heavy atom. The van der Waals surface area contributed by atoms with Crippen molar-refractivity contribution in [2.45, 2.75) is 17.7 Å². The van der Waals surface area contributed by atoms with Crippen LogP contribution in [-0.4, -0.2) is 23.8 Å². The van der Waals surface area contributed by atoms with Crippen LogP contribution in [0.4, 0.5) is 0 Å². The fourth-order valence-corrected chi connectivity index (χ4v) is 2.11. The van der Waals surface area contributed by atoms with Crippen molar-refractivity contribution in [2.75, 3.05) is 0 Å². The molecule has 0 saturated carbocycles. The molecule has 74 valence electrons. The second kappa shape index (κ2) is 3.09. The van der Waals surface area contributed by atoms with Gasteiger partial charge in [-0.15, -0.1) is 0 Å². The molecule has 1 aliphatic carbocycles. The Labute approximate surface area is 81.8 Å². The van der Waals surface area contributed by atoms with Gasteiger partial charge < -0.3 is 5.73 Å². The number of allylic oxidation sites excluding steroid dienone is 2. The maximum absolute atomic E-state index is 11.0. The minimum Gasteiger partial charge on any atom is -0.323 e. The Kier molecular flexibility index (Phi) is 2.55. The lowest BCUT2D eigenvalue weighted by Gasteiger charge is -2.29. The van der Waals surface area contributed by atoms with Crippen molar-refractivity contribution in [3.05, 3.63) is 23.3 Å². The summed E-state index contributed by atoms with van der Waals surface area (Å²) in [4.78, 5) is 0. The molecule has 2 unspecified atom stereocenters. The van der Waals surface area contributed by atoms with Crippen LogP contribution >= 0.6 is 11.6 Å². The molecule has 0 radical (unpaired) electrons. The van der Waals surface area contributed by atoms with E-state index in [1.54, 1.807) is 0 Å². The fourth-order valence-electron chi connectivity index (χ4n) is 1.05. The lowest BCUT2D eigenvalue weighted by atomic mass is 9.97. The molecule has 0 amide bonds. The summed E-state index contributed by atoms with van der Waals surface area (Å²) in [5.41, 5.74) is 5.53. The molecule has 6 heteroatoms. The summed E-state index contributed by atoms with van der Waals surface area (Å²) in [6.45, 7) is 1.32. The molecule has 0 saturated heterocycles. The van der Waals surface area contributed by atoms with Gasteiger partial charge >= 0.3 is 0 Å². The molecule has 0 heterocycles. The van der Waals surface area contributed by atoms with Gasteiger partial charge in [0.2, 0.25) is 0 Å². The SMILES string of the molecule is CC1(S(=O)(=O)O)C=C(Cl)C=CC1N. The molecular weight excluding hydrogens is 214 g/mol. The van der Waals surface area contributed by atoms with Crippen molar-refractivity contribution in [1.82, 2.24) is 0 Å². The fraction of sp³-hybridized carbons (Fsp3) is 0.429. The van der Waals surface area contributed by atoms with E-state index >= 15 is 0 Å². The van der Waals surface area contributed by atoms with Gasteiger partial charge in [0, 0.05) is 11.1 Å². The van der Waals surface area contributed by atoms with Crippen molar-refractivity contribution < 1.29 is 13.0 Å². The van der Waals surface area contributed by atoms with Gasteiger partial charge in [-0.25, -0.2) is 0 Å². The molecule has 2 atom stereocenters. The predicted molar refractivity (Wildman–Crippen MR) is 51.0 cm³/mol. The maximum Gasteiger partial charge on any atom is 0.275 e. The van der Waals surface area contributed by atoms with Gasteiger partial charge in [-0.2, -0.15) is 8.42 Å². The number of rotatable bonds is 1. The summed E-state index contributed by atoms with van der Waals surface area (Å²) >= 11 is 5.62. The monoisotopic (exact) mass is 223 g/mol. The second-order valence-corrected chi connectivity index (χ2v) is 5.34. The summed E-state index contributed by atoms with van der Waals surface area (Å²) in [5.74, 6) is 0. The van der Waals surface area contributed by atoms with Crippen LogP contribution < -0.4 is 5.73 Å². The highest BCUT2D eigenvalue weighted by Gasteiger charge is 2.42. The van der Waals surface area contributed by atoms with Crippen LogP contribution in [0, 0.1) is 0 Å². The molecule has 0 spiro atoms. The second-order valence-electron chi connectivity index (χ2n) is 3.07. The molecule has 0 aromatic heterocycles. The molecule has 13 heavy (non-hydrogen) atoms. The minimum atomic E-state index is -4.24. The Hall–Kier alpha value is -0.360. The first-order valence-electron chi connectivity index (χ1n) is 3.56. The zero-order chi connectivity index (χ0) is 10.3. The molecular formula is C7H10ClNO3S. The third kappa shape index (κ3) is 1.78. The van der Waals surface area contributed by atoms with Crippen molar-refractivity contribution in [2.24, 2.45) is 5.73 Å². The van der Waals surface area contributed by atoms with E-state index in [9.17, 15) is 8.42 Å². The molecule has 0 fully saturated rings. The Morgan fingerprint density at radius 2 is 2.23 bits per heavy atom. The lowest BCUT2D eigenvalue weighted by Crippen LogP contribution is -2.49. The normalized spacial score (nSPS) is 34.5. The molecule has 3 N–H and O–H groups in total. The Morgan fingerprint density at radius 1 is 1.69 bits per heavy atom. The highest BCUT2D eigenvalue weighted by Crippen LogP contribution is 2.28. The van der Waals surface area contributed by atoms with E-state index < -0.39 is 20.9 Å². The van der Waals surface area contributed by atoms with Crippen molar-refractivity contribution in [3.63, 3.8) is 0 Å². The number of hydrogen-bond acceptors (Lipinski definition) is 3. The third-order valence-electron chi connectivity index (χ3n) is 2.10. The van der Waals surface area contributed by atoms with Crippen LogP contribution in [0.25, 0.3) is 0 Å². The van der Waals surface area contributed by atoms with Gasteiger partial charge in [0.05, 0.1) is 0 Å². The minimum absolute atomic E-state index is 0.252. The highest BCUT2D eigenvalue weighted by molar-refractivity contribution is 7.87. The topological polar surface area (TPSA) is 80.4 Å². The zero-order valence-corrected chi connectivity index (χ0v) is 8.51. The van der Waals surface area contributed by atoms with Crippen LogP contribution in [0.3, 0.4) is 0 Å². The van der Waals surface area contributed by atoms with Gasteiger partial charge in [-0.05, 0) is 19.1 Å². The first-order valence-corrected chi connectivity index (χ1v) is 5.38. The molecule has 4 nitrogen and oxygen atoms in total. The summed E-state index contributed by atoms with van der Waals surface area (Å²) in [5, 5.41) is 0.252. The number of halogens is 1. The van der Waals surface area contributed by atoms with E-state index in [1.165, 1.54) is 25.2 Å². The van der Waals surface area contributed by atoms with Gasteiger partial charge in [0.25, 0.3) is 10.1 Å². The van der Waals surface area contributed by atoms with E-state index in [1.807, 2.05) is 0 Å². The van der Waals surface area contributed by atoms with Gasteiger partial charge in [0.15, 0.2) is 0 Å². The number of hydrogen-bond donors (Lipinski definition) is 2. The van der Waals surface area contributed by atoms with E-state index in [2.05, 4.69) is 0 Å². The van der Waals surface area contributed by atoms with E-state index in [4.69, 9.17) is 21.9 Å². The maximum atomic E-state index is 11.0. The molecule has 0 bridgehead atoms. The predicted octanol–water partition coefficient (Wildman–Crippen LogP) is 0.653. The quantitative estimate of drug-likeness (QED) is 0.640. The van der Waals surface area contributed by atoms with Crippen molar-refractivity contribution >= 4 is 21.7 Å². The summed E-state index contributed by atoms with van der Waals surface area (Å²) in [6, 6.07) is -0.787. The Bertz CT molecular complexity index is 373. The van der Waals surface area contributed by atoms with Crippen molar-refractivity contribution in [1.29, 1.82) is 0 Å². The van der Waals surface area contributed by atoms with E-state index in [0.717, 1.165) is 0 Å². The van der Waals surface area contributed by atoms with Crippen LogP contribution in [0.5, 0.6) is 0 Å². The molecule has 0 aliphatic heterocycles. The summed E-state index contributed by atoms with van der Waals surface area (Å²) in [6.07, 6.45) is 4.17. The first-order chi connectivity index (χ1) is 5.77. The largest absolute Gasteiger partial charge is 0.323 e. The van der Waals surface area contributed by atoms with Gasteiger partial charge in [-0.1, -0.05) is 17.7 Å². The first kappa shape index (κ1) is 10.7. The molecule has 1 rings (SSSR count). The van der Waals surface area contributed by atoms with Gasteiger partial charge in [0.1, 0.15) is 4.75 Å². The molecule has 1 aliphatic rings. The molecule has 0 aromatic rings. The number of nitrogens with two attached hydrogens (primary N) is 1. The standard InChI is InChI=1S/C7H10ClNO3S/c1-7(13(10,11)12)4-5(8)2-3-6(7)9/h2-4,6H,9H2,1H3,(H,10,11,12). The van der Waals surface area contributed by atoms with Crippen LogP contribution in [-0.2, 0) is 10.1 Å². The highest BCUT2D eigenvalue weighted by atomic mass is 35.5. The average Bonchev–Trinajstić information content (AvgIpc) is 1.95. The Balaban J connectivity index is 3.25. The lowest BCUT2D eigenvalue weighted by molar-refractivity contribution is 0.441. The zero-order valence-electron chi connectivity index (χ0n) is 6.94. The summed E-state index contributed by atoms with van der Waals surface area (Å²) in [7, 11) is -4.24. The average molecular weight is 224 g/mol. The third-order valence-corrected chi connectivity index (χ3v) is 3.84.